The Bertz CT molecular complexity index is 1090. The maximum atomic E-state index is 6.08. The molecular weight excluding hydrogens is 430 g/mol. The summed E-state index contributed by atoms with van der Waals surface area (Å²) in [6.07, 6.45) is 16.5. The molecular formula is C31H43N3O. The van der Waals surface area contributed by atoms with Crippen molar-refractivity contribution in [3.8, 4) is 16.9 Å². The first-order valence-corrected chi connectivity index (χ1v) is 14.0. The molecule has 2 aliphatic rings. The third kappa shape index (κ3) is 5.92. The molecule has 4 nitrogen and oxygen atoms in total. The van der Waals surface area contributed by atoms with Gasteiger partial charge in [-0.25, -0.2) is 0 Å². The van der Waals surface area contributed by atoms with E-state index in [1.54, 1.807) is 7.11 Å². The number of hydrogen-bond acceptors (Lipinski definition) is 3. The van der Waals surface area contributed by atoms with Gasteiger partial charge in [-0.1, -0.05) is 43.5 Å². The third-order valence-corrected chi connectivity index (χ3v) is 8.39. The van der Waals surface area contributed by atoms with Gasteiger partial charge in [-0.05, 0) is 93.2 Å². The van der Waals surface area contributed by atoms with Gasteiger partial charge in [-0.3, -0.25) is 0 Å². The maximum Gasteiger partial charge on any atom is 0.126 e. The molecule has 0 aliphatic heterocycles. The third-order valence-electron chi connectivity index (χ3n) is 8.39. The van der Waals surface area contributed by atoms with E-state index in [2.05, 4.69) is 52.5 Å². The van der Waals surface area contributed by atoms with Crippen molar-refractivity contribution in [3.63, 3.8) is 0 Å². The van der Waals surface area contributed by atoms with Gasteiger partial charge < -0.3 is 20.4 Å². The Morgan fingerprint density at radius 3 is 2.57 bits per heavy atom. The van der Waals surface area contributed by atoms with E-state index in [4.69, 9.17) is 10.5 Å². The van der Waals surface area contributed by atoms with Crippen molar-refractivity contribution < 1.29 is 4.74 Å². The van der Waals surface area contributed by atoms with E-state index in [-0.39, 0.29) is 0 Å². The van der Waals surface area contributed by atoms with Crippen LogP contribution in [0.4, 0.5) is 0 Å². The van der Waals surface area contributed by atoms with Gasteiger partial charge in [0.15, 0.2) is 0 Å². The fourth-order valence-corrected chi connectivity index (χ4v) is 6.33. The smallest absolute Gasteiger partial charge is 0.126 e. The zero-order valence-electron chi connectivity index (χ0n) is 21.5. The molecule has 0 amide bonds. The maximum absolute atomic E-state index is 6.08. The second-order valence-corrected chi connectivity index (χ2v) is 10.9. The van der Waals surface area contributed by atoms with Gasteiger partial charge in [-0.2, -0.15) is 0 Å². The van der Waals surface area contributed by atoms with Gasteiger partial charge in [0.1, 0.15) is 5.75 Å². The number of rotatable bonds is 9. The summed E-state index contributed by atoms with van der Waals surface area (Å²) in [6, 6.07) is 16.4. The Balaban J connectivity index is 1.35. The number of benzene rings is 2. The Labute approximate surface area is 211 Å². The Morgan fingerprint density at radius 2 is 1.77 bits per heavy atom. The monoisotopic (exact) mass is 473 g/mol. The normalized spacial score (nSPS) is 21.4. The Morgan fingerprint density at radius 1 is 0.971 bits per heavy atom. The molecule has 0 atom stereocenters. The zero-order chi connectivity index (χ0) is 24.0. The van der Waals surface area contributed by atoms with Crippen molar-refractivity contribution in [1.82, 2.24) is 9.88 Å². The van der Waals surface area contributed by atoms with Crippen molar-refractivity contribution in [1.29, 1.82) is 0 Å². The SMILES string of the molecule is COc1ccccc1-c1ccc2c(c1)c(CCCN[C@H]1CC[C@H](N)CC1)cn2CC1CCCCC1. The molecule has 0 unspecified atom stereocenters. The van der Waals surface area contributed by atoms with Crippen LogP contribution in [0.2, 0.25) is 0 Å². The molecule has 0 bridgehead atoms. The predicted octanol–water partition coefficient (Wildman–Crippen LogP) is 6.69. The van der Waals surface area contributed by atoms with Crippen LogP contribution in [0.5, 0.6) is 5.75 Å². The standard InChI is InChI=1S/C31H43N3O/c1-35-31-12-6-5-11-28(31)24-13-18-30-29(20-24)25(22-34(30)21-23-8-3-2-4-9-23)10-7-19-33-27-16-14-26(32)15-17-27/h5-6,11-13,18,20,22-23,26-27,33H,2-4,7-10,14-17,19,21,32H2,1H3/t26-,27-. The first-order valence-electron chi connectivity index (χ1n) is 14.0. The quantitative estimate of drug-likeness (QED) is 0.340. The molecule has 0 saturated heterocycles. The summed E-state index contributed by atoms with van der Waals surface area (Å²) in [5, 5.41) is 5.22. The molecule has 1 heterocycles. The molecule has 0 radical (unpaired) electrons. The molecule has 4 heteroatoms. The molecule has 0 spiro atoms. The summed E-state index contributed by atoms with van der Waals surface area (Å²) in [7, 11) is 1.76. The average molecular weight is 474 g/mol. The summed E-state index contributed by atoms with van der Waals surface area (Å²) >= 11 is 0. The number of nitrogens with one attached hydrogen (secondary N) is 1. The van der Waals surface area contributed by atoms with Crippen LogP contribution >= 0.6 is 0 Å². The number of nitrogens with zero attached hydrogens (tertiary/aromatic N) is 1. The lowest BCUT2D eigenvalue weighted by atomic mass is 9.89. The van der Waals surface area contributed by atoms with Crippen LogP contribution in [0.1, 0.15) is 69.8 Å². The minimum Gasteiger partial charge on any atom is -0.496 e. The summed E-state index contributed by atoms with van der Waals surface area (Å²) in [5.74, 6) is 1.76. The fourth-order valence-electron chi connectivity index (χ4n) is 6.33. The predicted molar refractivity (Wildman–Crippen MR) is 147 cm³/mol. The minimum absolute atomic E-state index is 0.417. The Hall–Kier alpha value is -2.30. The van der Waals surface area contributed by atoms with Crippen LogP contribution in [0.15, 0.2) is 48.7 Å². The molecule has 2 fully saturated rings. The van der Waals surface area contributed by atoms with E-state index < -0.39 is 0 Å². The van der Waals surface area contributed by atoms with Crippen LogP contribution < -0.4 is 15.8 Å². The summed E-state index contributed by atoms with van der Waals surface area (Å²) in [6.45, 7) is 2.24. The lowest BCUT2D eigenvalue weighted by Crippen LogP contribution is -2.37. The molecule has 3 N–H and O–H groups in total. The van der Waals surface area contributed by atoms with Crippen LogP contribution in [0.25, 0.3) is 22.0 Å². The average Bonchev–Trinajstić information content (AvgIpc) is 3.24. The zero-order valence-corrected chi connectivity index (χ0v) is 21.5. The summed E-state index contributed by atoms with van der Waals surface area (Å²) in [4.78, 5) is 0. The van der Waals surface area contributed by atoms with Crippen molar-refractivity contribution in [2.24, 2.45) is 11.7 Å². The highest BCUT2D eigenvalue weighted by Crippen LogP contribution is 2.35. The second-order valence-electron chi connectivity index (χ2n) is 10.9. The molecule has 35 heavy (non-hydrogen) atoms. The van der Waals surface area contributed by atoms with E-state index in [0.29, 0.717) is 12.1 Å². The van der Waals surface area contributed by atoms with Gasteiger partial charge in [0, 0.05) is 41.3 Å². The summed E-state index contributed by atoms with van der Waals surface area (Å²) in [5.41, 5.74) is 11.4. The lowest BCUT2D eigenvalue weighted by molar-refractivity contribution is 0.322. The van der Waals surface area contributed by atoms with Crippen molar-refractivity contribution in [3.05, 3.63) is 54.2 Å². The Kier molecular flexibility index (Phi) is 8.10. The van der Waals surface area contributed by atoms with Gasteiger partial charge in [0.05, 0.1) is 7.11 Å². The van der Waals surface area contributed by atoms with Crippen LogP contribution in [-0.2, 0) is 13.0 Å². The van der Waals surface area contributed by atoms with Crippen LogP contribution in [0, 0.1) is 5.92 Å². The van der Waals surface area contributed by atoms with Gasteiger partial charge in [-0.15, -0.1) is 0 Å². The van der Waals surface area contributed by atoms with E-state index in [1.165, 1.54) is 79.0 Å². The van der Waals surface area contributed by atoms with Gasteiger partial charge in [0.2, 0.25) is 0 Å². The number of hydrogen-bond donors (Lipinski definition) is 2. The highest BCUT2D eigenvalue weighted by molar-refractivity contribution is 5.89. The molecule has 2 aliphatic carbocycles. The van der Waals surface area contributed by atoms with Crippen LogP contribution in [-0.4, -0.2) is 30.3 Å². The van der Waals surface area contributed by atoms with E-state index in [0.717, 1.165) is 44.0 Å². The largest absolute Gasteiger partial charge is 0.496 e. The topological polar surface area (TPSA) is 52.2 Å². The van der Waals surface area contributed by atoms with Gasteiger partial charge >= 0.3 is 0 Å². The highest BCUT2D eigenvalue weighted by Gasteiger charge is 2.19. The van der Waals surface area contributed by atoms with E-state index in [1.807, 2.05) is 6.07 Å². The first-order chi connectivity index (χ1) is 17.2. The highest BCUT2D eigenvalue weighted by atomic mass is 16.5. The molecule has 188 valence electrons. The molecule has 2 saturated carbocycles. The number of ether oxygens (including phenoxy) is 1. The number of aromatic nitrogens is 1. The van der Waals surface area contributed by atoms with Gasteiger partial charge in [0.25, 0.3) is 0 Å². The van der Waals surface area contributed by atoms with Crippen LogP contribution in [0.3, 0.4) is 0 Å². The second kappa shape index (κ2) is 11.6. The van der Waals surface area contributed by atoms with Crippen molar-refractivity contribution in [2.45, 2.75) is 89.3 Å². The number of nitrogens with two attached hydrogens (primary N) is 1. The molecule has 1 aromatic heterocycles. The van der Waals surface area contributed by atoms with Crippen molar-refractivity contribution in [2.75, 3.05) is 13.7 Å². The minimum atomic E-state index is 0.417. The summed E-state index contributed by atoms with van der Waals surface area (Å²) < 4.78 is 8.23. The molecule has 2 aromatic carbocycles. The van der Waals surface area contributed by atoms with Crippen molar-refractivity contribution >= 4 is 10.9 Å². The number of para-hydroxylation sites is 1. The first kappa shape index (κ1) is 24.4. The lowest BCUT2D eigenvalue weighted by Gasteiger charge is -2.26. The number of methoxy groups -OCH3 is 1. The van der Waals surface area contributed by atoms with E-state index >= 15 is 0 Å². The van der Waals surface area contributed by atoms with E-state index in [9.17, 15) is 0 Å². The number of fused-ring (bicyclic) bond motifs is 1. The fraction of sp³-hybridized carbons (Fsp3) is 0.548. The number of aryl methyl sites for hydroxylation is 1. The molecule has 5 rings (SSSR count). The molecule has 3 aromatic rings.